The third-order valence-electron chi connectivity index (χ3n) is 3.71. The first-order chi connectivity index (χ1) is 8.58. The average Bonchev–Trinajstić information content (AvgIpc) is 2.53. The van der Waals surface area contributed by atoms with Gasteiger partial charge in [0, 0.05) is 28.8 Å². The fraction of sp³-hybridized carbons (Fsp3) is 0.533. The number of rotatable bonds is 2. The Balaban J connectivity index is 2.18. The predicted octanol–water partition coefficient (Wildman–Crippen LogP) is 4.28. The average molecular weight is 310 g/mol. The van der Waals surface area contributed by atoms with E-state index >= 15 is 0 Å². The highest BCUT2D eigenvalue weighted by atomic mass is 79.9. The molecular weight excluding hydrogens is 290 g/mol. The number of hydrogen-bond donors (Lipinski definition) is 0. The van der Waals surface area contributed by atoms with Gasteiger partial charge in [-0.2, -0.15) is 0 Å². The molecule has 1 aromatic carbocycles. The molecule has 0 amide bonds. The fourth-order valence-corrected chi connectivity index (χ4v) is 3.15. The zero-order chi connectivity index (χ0) is 13.1. The zero-order valence-electron chi connectivity index (χ0n) is 11.1. The van der Waals surface area contributed by atoms with Gasteiger partial charge in [-0.05, 0) is 66.2 Å². The molecule has 0 aromatic heterocycles. The van der Waals surface area contributed by atoms with Crippen LogP contribution < -0.4 is 4.90 Å². The quantitative estimate of drug-likeness (QED) is 0.760. The van der Waals surface area contributed by atoms with Crippen molar-refractivity contribution in [2.75, 3.05) is 18.0 Å². The highest BCUT2D eigenvalue weighted by molar-refractivity contribution is 9.10. The van der Waals surface area contributed by atoms with Crippen molar-refractivity contribution in [1.29, 1.82) is 0 Å². The molecule has 1 saturated heterocycles. The molecule has 0 aliphatic carbocycles. The lowest BCUT2D eigenvalue weighted by Crippen LogP contribution is -2.24. The molecule has 0 bridgehead atoms. The van der Waals surface area contributed by atoms with Gasteiger partial charge in [0.2, 0.25) is 0 Å². The summed E-state index contributed by atoms with van der Waals surface area (Å²) in [7, 11) is 0. The van der Waals surface area contributed by atoms with Gasteiger partial charge in [0.25, 0.3) is 0 Å². The van der Waals surface area contributed by atoms with Gasteiger partial charge in [-0.25, -0.2) is 0 Å². The molecule has 1 aliphatic rings. The van der Waals surface area contributed by atoms with E-state index in [1.54, 1.807) is 6.92 Å². The normalized spacial score (nSPS) is 20.6. The summed E-state index contributed by atoms with van der Waals surface area (Å²) in [5, 5.41) is 0. The minimum atomic E-state index is 0.109. The molecule has 0 radical (unpaired) electrons. The van der Waals surface area contributed by atoms with Crippen LogP contribution >= 0.6 is 15.9 Å². The molecule has 0 spiro atoms. The molecule has 2 rings (SSSR count). The van der Waals surface area contributed by atoms with Crippen molar-refractivity contribution >= 4 is 27.4 Å². The van der Waals surface area contributed by atoms with E-state index in [9.17, 15) is 4.79 Å². The van der Waals surface area contributed by atoms with E-state index in [0.717, 1.165) is 29.0 Å². The summed E-state index contributed by atoms with van der Waals surface area (Å²) in [5.41, 5.74) is 1.99. The summed E-state index contributed by atoms with van der Waals surface area (Å²) >= 11 is 3.50. The molecule has 18 heavy (non-hydrogen) atoms. The number of anilines is 1. The van der Waals surface area contributed by atoms with Crippen LogP contribution in [0.3, 0.4) is 0 Å². The van der Waals surface area contributed by atoms with Crippen molar-refractivity contribution in [3.8, 4) is 0 Å². The molecule has 2 nitrogen and oxygen atoms in total. The number of nitrogens with zero attached hydrogens (tertiary/aromatic N) is 1. The van der Waals surface area contributed by atoms with Crippen molar-refractivity contribution in [2.45, 2.75) is 33.1 Å². The lowest BCUT2D eigenvalue weighted by molar-refractivity contribution is 0.101. The first-order valence-electron chi connectivity index (χ1n) is 6.63. The van der Waals surface area contributed by atoms with E-state index in [2.05, 4.69) is 39.9 Å². The van der Waals surface area contributed by atoms with Crippen molar-refractivity contribution in [1.82, 2.24) is 0 Å². The maximum atomic E-state index is 11.4. The van der Waals surface area contributed by atoms with Gasteiger partial charge >= 0.3 is 0 Å². The van der Waals surface area contributed by atoms with Gasteiger partial charge in [-0.15, -0.1) is 0 Å². The summed E-state index contributed by atoms with van der Waals surface area (Å²) in [5.74, 6) is 0.938. The Morgan fingerprint density at radius 2 is 2.11 bits per heavy atom. The van der Waals surface area contributed by atoms with Gasteiger partial charge in [0.15, 0.2) is 5.78 Å². The van der Waals surface area contributed by atoms with Crippen LogP contribution in [0.2, 0.25) is 0 Å². The van der Waals surface area contributed by atoms with Crippen LogP contribution in [0.25, 0.3) is 0 Å². The molecule has 0 N–H and O–H groups in total. The van der Waals surface area contributed by atoms with Crippen LogP contribution in [-0.4, -0.2) is 18.9 Å². The molecule has 1 atom stereocenters. The standard InChI is InChI=1S/C15H20BrNO/c1-11-4-3-8-17(9-7-11)13-5-6-14(12(2)18)15(16)10-13/h5-6,10-11H,3-4,7-9H2,1-2H3. The van der Waals surface area contributed by atoms with E-state index in [-0.39, 0.29) is 5.78 Å². The topological polar surface area (TPSA) is 20.3 Å². The fourth-order valence-electron chi connectivity index (χ4n) is 2.51. The lowest BCUT2D eigenvalue weighted by Gasteiger charge is -2.23. The van der Waals surface area contributed by atoms with E-state index < -0.39 is 0 Å². The summed E-state index contributed by atoms with van der Waals surface area (Å²) in [4.78, 5) is 13.8. The molecule has 1 aromatic rings. The first kappa shape index (κ1) is 13.6. The van der Waals surface area contributed by atoms with E-state index in [0.29, 0.717) is 0 Å². The number of carbonyl (C=O) groups is 1. The molecule has 0 saturated carbocycles. The molecule has 1 unspecified atom stereocenters. The van der Waals surface area contributed by atoms with Crippen LogP contribution in [0.1, 0.15) is 43.5 Å². The highest BCUT2D eigenvalue weighted by Crippen LogP contribution is 2.27. The van der Waals surface area contributed by atoms with Crippen LogP contribution in [-0.2, 0) is 0 Å². The number of hydrogen-bond acceptors (Lipinski definition) is 2. The first-order valence-corrected chi connectivity index (χ1v) is 7.42. The van der Waals surface area contributed by atoms with Crippen molar-refractivity contribution in [3.63, 3.8) is 0 Å². The summed E-state index contributed by atoms with van der Waals surface area (Å²) in [6, 6.07) is 6.07. The minimum absolute atomic E-state index is 0.109. The van der Waals surface area contributed by atoms with Crippen LogP contribution in [0, 0.1) is 5.92 Å². The highest BCUT2D eigenvalue weighted by Gasteiger charge is 2.15. The number of carbonyl (C=O) groups excluding carboxylic acids is 1. The van der Waals surface area contributed by atoms with Crippen LogP contribution in [0.4, 0.5) is 5.69 Å². The van der Waals surface area contributed by atoms with Gasteiger partial charge in [-0.3, -0.25) is 4.79 Å². The van der Waals surface area contributed by atoms with E-state index in [4.69, 9.17) is 0 Å². The third-order valence-corrected chi connectivity index (χ3v) is 4.37. The van der Waals surface area contributed by atoms with Gasteiger partial charge < -0.3 is 4.90 Å². The van der Waals surface area contributed by atoms with Crippen LogP contribution in [0.15, 0.2) is 22.7 Å². The Labute approximate surface area is 117 Å². The summed E-state index contributed by atoms with van der Waals surface area (Å²) in [6.45, 7) is 6.18. The second-order valence-corrected chi connectivity index (χ2v) is 6.10. The molecule has 98 valence electrons. The van der Waals surface area contributed by atoms with Crippen molar-refractivity contribution in [3.05, 3.63) is 28.2 Å². The number of Topliss-reactive ketones (excluding diaryl/α,β-unsaturated/α-hetero) is 1. The molecule has 1 heterocycles. The molecule has 3 heteroatoms. The number of benzene rings is 1. The lowest BCUT2D eigenvalue weighted by atomic mass is 10.0. The maximum absolute atomic E-state index is 11.4. The monoisotopic (exact) mass is 309 g/mol. The second kappa shape index (κ2) is 5.87. The Hall–Kier alpha value is -0.830. The Morgan fingerprint density at radius 1 is 1.33 bits per heavy atom. The number of halogens is 1. The summed E-state index contributed by atoms with van der Waals surface area (Å²) < 4.78 is 0.907. The van der Waals surface area contributed by atoms with Gasteiger partial charge in [0.05, 0.1) is 0 Å². The van der Waals surface area contributed by atoms with E-state index in [1.807, 2.05) is 6.07 Å². The van der Waals surface area contributed by atoms with Gasteiger partial charge in [-0.1, -0.05) is 6.92 Å². The SMILES string of the molecule is CC(=O)c1ccc(N2CCCC(C)CC2)cc1Br. The number of ketones is 1. The van der Waals surface area contributed by atoms with Crippen molar-refractivity contribution < 1.29 is 4.79 Å². The Kier molecular flexibility index (Phi) is 4.44. The molecule has 1 aliphatic heterocycles. The molecule has 1 fully saturated rings. The summed E-state index contributed by atoms with van der Waals surface area (Å²) in [6.07, 6.45) is 3.84. The zero-order valence-corrected chi connectivity index (χ0v) is 12.7. The Bertz CT molecular complexity index is 444. The largest absolute Gasteiger partial charge is 0.371 e. The Morgan fingerprint density at radius 3 is 2.78 bits per heavy atom. The smallest absolute Gasteiger partial charge is 0.160 e. The second-order valence-electron chi connectivity index (χ2n) is 5.24. The third kappa shape index (κ3) is 3.14. The molecular formula is C15H20BrNO. The van der Waals surface area contributed by atoms with Crippen molar-refractivity contribution in [2.24, 2.45) is 5.92 Å². The maximum Gasteiger partial charge on any atom is 0.160 e. The minimum Gasteiger partial charge on any atom is -0.371 e. The van der Waals surface area contributed by atoms with Gasteiger partial charge in [0.1, 0.15) is 0 Å². The van der Waals surface area contributed by atoms with Crippen LogP contribution in [0.5, 0.6) is 0 Å². The van der Waals surface area contributed by atoms with E-state index in [1.165, 1.54) is 24.9 Å². The predicted molar refractivity (Wildman–Crippen MR) is 79.4 cm³/mol.